The Morgan fingerprint density at radius 1 is 1.13 bits per heavy atom. The van der Waals surface area contributed by atoms with E-state index in [-0.39, 0.29) is 5.92 Å². The van der Waals surface area contributed by atoms with Crippen LogP contribution in [0.2, 0.25) is 0 Å². The molecule has 0 aliphatic carbocycles. The summed E-state index contributed by atoms with van der Waals surface area (Å²) in [6.07, 6.45) is 1.19. The van der Waals surface area contributed by atoms with Gasteiger partial charge in [0.05, 0.1) is 0 Å². The molecule has 0 aromatic rings. The van der Waals surface area contributed by atoms with Crippen LogP contribution < -0.4 is 0 Å². The maximum absolute atomic E-state index is 11.9. The molecule has 0 radical (unpaired) electrons. The third kappa shape index (κ3) is 1.78. The van der Waals surface area contributed by atoms with Crippen LogP contribution in [0, 0.1) is 5.92 Å². The molecule has 2 atom stereocenters. The van der Waals surface area contributed by atoms with E-state index in [0.29, 0.717) is 24.0 Å². The lowest BCUT2D eigenvalue weighted by atomic mass is 10.1. The topological polar surface area (TPSA) is 23.6 Å². The highest BCUT2D eigenvalue weighted by Gasteiger charge is 2.45. The van der Waals surface area contributed by atoms with Crippen LogP contribution in [0.15, 0.2) is 0 Å². The monoisotopic (exact) mass is 210 g/mol. The van der Waals surface area contributed by atoms with Crippen LogP contribution in [-0.4, -0.2) is 46.9 Å². The molecular formula is C12H22N2O. The molecule has 2 heterocycles. The van der Waals surface area contributed by atoms with Crippen molar-refractivity contribution in [1.29, 1.82) is 0 Å². The maximum Gasteiger partial charge on any atom is 0.225 e. The van der Waals surface area contributed by atoms with Gasteiger partial charge in [0, 0.05) is 37.1 Å². The Kier molecular flexibility index (Phi) is 2.75. The van der Waals surface area contributed by atoms with E-state index in [1.165, 1.54) is 6.42 Å². The molecule has 0 spiro atoms. The van der Waals surface area contributed by atoms with Gasteiger partial charge in [-0.2, -0.15) is 0 Å². The molecule has 2 aliphatic heterocycles. The number of carbonyl (C=O) groups excluding carboxylic acids is 1. The summed E-state index contributed by atoms with van der Waals surface area (Å²) in [5.74, 6) is 0.489. The summed E-state index contributed by atoms with van der Waals surface area (Å²) in [7, 11) is 0. The van der Waals surface area contributed by atoms with E-state index in [1.807, 2.05) is 13.8 Å². The molecule has 15 heavy (non-hydrogen) atoms. The molecule has 0 saturated carbocycles. The van der Waals surface area contributed by atoms with Crippen LogP contribution in [0.4, 0.5) is 0 Å². The molecule has 86 valence electrons. The van der Waals surface area contributed by atoms with Crippen LogP contribution in [0.5, 0.6) is 0 Å². The van der Waals surface area contributed by atoms with Gasteiger partial charge in [-0.25, -0.2) is 0 Å². The summed E-state index contributed by atoms with van der Waals surface area (Å²) in [6.45, 7) is 10.5. The van der Waals surface area contributed by atoms with E-state index in [0.717, 1.165) is 13.1 Å². The fraction of sp³-hybridized carbons (Fsp3) is 0.917. The van der Waals surface area contributed by atoms with Crippen molar-refractivity contribution in [1.82, 2.24) is 9.80 Å². The molecule has 3 nitrogen and oxygen atoms in total. The zero-order valence-electron chi connectivity index (χ0n) is 10.2. The standard InChI is InChI=1S/C12H22N2O/c1-8(2)12(15)14-7-10-5-11(14)6-13(10)9(3)4/h8-11H,5-7H2,1-4H3/t10-,11-/m0/s1. The summed E-state index contributed by atoms with van der Waals surface area (Å²) < 4.78 is 0. The van der Waals surface area contributed by atoms with Crippen LogP contribution in [0.1, 0.15) is 34.1 Å². The second kappa shape index (κ2) is 3.78. The summed E-state index contributed by atoms with van der Waals surface area (Å²) in [5.41, 5.74) is 0. The Hall–Kier alpha value is -0.570. The van der Waals surface area contributed by atoms with Crippen molar-refractivity contribution in [2.24, 2.45) is 5.92 Å². The van der Waals surface area contributed by atoms with Crippen LogP contribution in [-0.2, 0) is 4.79 Å². The number of piperazine rings is 1. The first-order valence-corrected chi connectivity index (χ1v) is 6.07. The Labute approximate surface area is 92.4 Å². The molecule has 0 aromatic heterocycles. The lowest BCUT2D eigenvalue weighted by molar-refractivity contribution is -0.137. The Bertz CT molecular complexity index is 262. The van der Waals surface area contributed by atoms with E-state index in [1.54, 1.807) is 0 Å². The van der Waals surface area contributed by atoms with Gasteiger partial charge < -0.3 is 4.90 Å². The van der Waals surface area contributed by atoms with E-state index >= 15 is 0 Å². The molecule has 1 amide bonds. The van der Waals surface area contributed by atoms with Crippen LogP contribution >= 0.6 is 0 Å². The quantitative estimate of drug-likeness (QED) is 0.686. The van der Waals surface area contributed by atoms with Gasteiger partial charge in [0.2, 0.25) is 5.91 Å². The van der Waals surface area contributed by atoms with E-state index in [9.17, 15) is 4.79 Å². The van der Waals surface area contributed by atoms with Crippen LogP contribution in [0.25, 0.3) is 0 Å². The van der Waals surface area contributed by atoms with Crippen molar-refractivity contribution >= 4 is 5.91 Å². The van der Waals surface area contributed by atoms with E-state index in [2.05, 4.69) is 23.6 Å². The van der Waals surface area contributed by atoms with Crippen molar-refractivity contribution in [2.45, 2.75) is 52.2 Å². The van der Waals surface area contributed by atoms with Crippen molar-refractivity contribution < 1.29 is 4.79 Å². The molecule has 2 saturated heterocycles. The van der Waals surface area contributed by atoms with Gasteiger partial charge in [-0.1, -0.05) is 13.8 Å². The van der Waals surface area contributed by atoms with Gasteiger partial charge in [-0.05, 0) is 20.3 Å². The number of amides is 1. The first kappa shape index (κ1) is 10.9. The fourth-order valence-electron chi connectivity index (χ4n) is 2.93. The van der Waals surface area contributed by atoms with Gasteiger partial charge in [0.1, 0.15) is 0 Å². The summed E-state index contributed by atoms with van der Waals surface area (Å²) in [4.78, 5) is 16.6. The average Bonchev–Trinajstić information content (AvgIpc) is 2.74. The first-order chi connectivity index (χ1) is 7.00. The molecule has 2 aliphatic rings. The highest BCUT2D eigenvalue weighted by molar-refractivity contribution is 5.79. The van der Waals surface area contributed by atoms with Crippen LogP contribution in [0.3, 0.4) is 0 Å². The Balaban J connectivity index is 2.00. The molecule has 0 N–H and O–H groups in total. The number of rotatable bonds is 2. The Morgan fingerprint density at radius 2 is 1.80 bits per heavy atom. The fourth-order valence-corrected chi connectivity index (χ4v) is 2.93. The number of hydrogen-bond donors (Lipinski definition) is 0. The second-order valence-electron chi connectivity index (χ2n) is 5.48. The SMILES string of the molecule is CC(C)C(=O)N1C[C@@H]2C[C@H]1CN2C(C)C. The Morgan fingerprint density at radius 3 is 2.20 bits per heavy atom. The third-order valence-corrected chi connectivity index (χ3v) is 3.72. The van der Waals surface area contributed by atoms with Gasteiger partial charge >= 0.3 is 0 Å². The molecule has 0 aromatic carbocycles. The van der Waals surface area contributed by atoms with E-state index in [4.69, 9.17) is 0 Å². The highest BCUT2D eigenvalue weighted by Crippen LogP contribution is 2.32. The zero-order chi connectivity index (χ0) is 11.2. The minimum Gasteiger partial charge on any atom is -0.337 e. The molecule has 2 bridgehead atoms. The summed E-state index contributed by atoms with van der Waals surface area (Å²) in [5, 5.41) is 0. The van der Waals surface area contributed by atoms with Crippen molar-refractivity contribution in [2.75, 3.05) is 13.1 Å². The van der Waals surface area contributed by atoms with Gasteiger partial charge in [-0.15, -0.1) is 0 Å². The largest absolute Gasteiger partial charge is 0.337 e. The van der Waals surface area contributed by atoms with Crippen molar-refractivity contribution in [3.63, 3.8) is 0 Å². The lowest BCUT2D eigenvalue weighted by Crippen LogP contribution is -2.51. The normalized spacial score (nSPS) is 30.9. The predicted octanol–water partition coefficient (Wildman–Crippen LogP) is 1.34. The van der Waals surface area contributed by atoms with E-state index < -0.39 is 0 Å². The number of carbonyl (C=O) groups is 1. The smallest absolute Gasteiger partial charge is 0.225 e. The minimum absolute atomic E-state index is 0.150. The second-order valence-corrected chi connectivity index (χ2v) is 5.48. The molecule has 2 rings (SSSR count). The predicted molar refractivity (Wildman–Crippen MR) is 60.6 cm³/mol. The summed E-state index contributed by atoms with van der Waals surface area (Å²) in [6, 6.07) is 1.74. The minimum atomic E-state index is 0.150. The molecule has 3 heteroatoms. The summed E-state index contributed by atoms with van der Waals surface area (Å²) >= 11 is 0. The molecule has 0 unspecified atom stereocenters. The molecule has 2 fully saturated rings. The first-order valence-electron chi connectivity index (χ1n) is 6.07. The number of nitrogens with zero attached hydrogens (tertiary/aromatic N) is 2. The maximum atomic E-state index is 11.9. The number of hydrogen-bond acceptors (Lipinski definition) is 2. The highest BCUT2D eigenvalue weighted by atomic mass is 16.2. The van der Waals surface area contributed by atoms with Gasteiger partial charge in [0.25, 0.3) is 0 Å². The number of fused-ring (bicyclic) bond motifs is 2. The van der Waals surface area contributed by atoms with Gasteiger partial charge in [-0.3, -0.25) is 9.69 Å². The number of likely N-dealkylation sites (tertiary alicyclic amines) is 2. The average molecular weight is 210 g/mol. The third-order valence-electron chi connectivity index (χ3n) is 3.72. The van der Waals surface area contributed by atoms with Crippen molar-refractivity contribution in [3.8, 4) is 0 Å². The van der Waals surface area contributed by atoms with Gasteiger partial charge in [0.15, 0.2) is 0 Å². The lowest BCUT2D eigenvalue weighted by Gasteiger charge is -2.37. The zero-order valence-corrected chi connectivity index (χ0v) is 10.2. The van der Waals surface area contributed by atoms with Crippen molar-refractivity contribution in [3.05, 3.63) is 0 Å². The molecular weight excluding hydrogens is 188 g/mol.